The molecule has 5 nitrogen and oxygen atoms in total. The molecule has 0 spiro atoms. The van der Waals surface area contributed by atoms with Gasteiger partial charge in [-0.15, -0.1) is 0 Å². The number of piperidine rings is 1. The van der Waals surface area contributed by atoms with Gasteiger partial charge in [0.1, 0.15) is 12.2 Å². The molecule has 1 atom stereocenters. The predicted molar refractivity (Wildman–Crippen MR) is 101 cm³/mol. The molecule has 0 aromatic carbocycles. The topological polar surface area (TPSA) is 53.4 Å². The molecule has 1 aromatic heterocycles. The van der Waals surface area contributed by atoms with Crippen LogP contribution in [0, 0.1) is 5.41 Å². The van der Waals surface area contributed by atoms with Crippen LogP contribution in [0.1, 0.15) is 52.1 Å². The highest BCUT2D eigenvalue weighted by Gasteiger charge is 2.29. The molecule has 0 saturated carbocycles. The second kappa shape index (κ2) is 8.27. The van der Waals surface area contributed by atoms with Gasteiger partial charge in [0.05, 0.1) is 11.4 Å². The smallest absolute Gasteiger partial charge is 0.116 e. The largest absolute Gasteiger partial charge is 0.381 e. The Morgan fingerprint density at radius 1 is 1.46 bits per heavy atom. The van der Waals surface area contributed by atoms with Crippen molar-refractivity contribution in [3.8, 4) is 0 Å². The van der Waals surface area contributed by atoms with Crippen molar-refractivity contribution in [1.29, 1.82) is 0 Å². The number of hydrogen-bond donors (Lipinski definition) is 1. The molecule has 1 unspecified atom stereocenters. The molecule has 1 fully saturated rings. The van der Waals surface area contributed by atoms with E-state index in [1.54, 1.807) is 12.5 Å². The maximum absolute atomic E-state index is 4.55. The van der Waals surface area contributed by atoms with Gasteiger partial charge in [0.25, 0.3) is 0 Å². The molecule has 0 aliphatic carbocycles. The molecule has 24 heavy (non-hydrogen) atoms. The van der Waals surface area contributed by atoms with E-state index in [2.05, 4.69) is 52.5 Å². The number of rotatable bonds is 6. The van der Waals surface area contributed by atoms with E-state index in [1.165, 1.54) is 25.1 Å². The maximum Gasteiger partial charge on any atom is 0.116 e. The zero-order valence-electron chi connectivity index (χ0n) is 15.5. The lowest BCUT2D eigenvalue weighted by Gasteiger charge is -2.40. The van der Waals surface area contributed by atoms with Gasteiger partial charge < -0.3 is 10.2 Å². The molecule has 132 valence electrons. The highest BCUT2D eigenvalue weighted by Crippen LogP contribution is 2.34. The van der Waals surface area contributed by atoms with Crippen molar-refractivity contribution in [2.75, 3.05) is 20.1 Å². The Kier molecular flexibility index (Phi) is 6.35. The molecule has 1 aliphatic heterocycles. The monoisotopic (exact) mass is 329 g/mol. The Balaban J connectivity index is 1.88. The number of aliphatic imine (C=N–C) groups is 1. The van der Waals surface area contributed by atoms with E-state index in [1.807, 2.05) is 13.1 Å². The third kappa shape index (κ3) is 4.79. The van der Waals surface area contributed by atoms with Crippen LogP contribution in [-0.2, 0) is 0 Å². The summed E-state index contributed by atoms with van der Waals surface area (Å²) >= 11 is 0. The second-order valence-electron chi connectivity index (χ2n) is 7.11. The van der Waals surface area contributed by atoms with Crippen LogP contribution in [0.25, 0.3) is 5.70 Å². The quantitative estimate of drug-likeness (QED) is 0.642. The molecule has 2 rings (SSSR count). The molecule has 1 saturated heterocycles. The highest BCUT2D eigenvalue weighted by molar-refractivity contribution is 5.83. The van der Waals surface area contributed by atoms with E-state index >= 15 is 0 Å². The molecule has 1 N–H and O–H groups in total. The first-order valence-electron chi connectivity index (χ1n) is 8.90. The van der Waals surface area contributed by atoms with E-state index in [-0.39, 0.29) is 6.04 Å². The molecule has 0 bridgehead atoms. The van der Waals surface area contributed by atoms with E-state index in [0.717, 1.165) is 30.9 Å². The van der Waals surface area contributed by atoms with Crippen molar-refractivity contribution < 1.29 is 0 Å². The summed E-state index contributed by atoms with van der Waals surface area (Å²) in [6, 6.07) is 2.12. The summed E-state index contributed by atoms with van der Waals surface area (Å²) in [4.78, 5) is 15.2. The fourth-order valence-corrected chi connectivity index (χ4v) is 3.19. The van der Waals surface area contributed by atoms with Gasteiger partial charge >= 0.3 is 0 Å². The Morgan fingerprint density at radius 3 is 2.71 bits per heavy atom. The second-order valence-corrected chi connectivity index (χ2v) is 7.11. The van der Waals surface area contributed by atoms with Crippen LogP contribution in [-0.4, -0.2) is 46.9 Å². The minimum absolute atomic E-state index is 0.255. The van der Waals surface area contributed by atoms with Crippen LogP contribution >= 0.6 is 0 Å². The summed E-state index contributed by atoms with van der Waals surface area (Å²) in [5, 5.41) is 3.44. The highest BCUT2D eigenvalue weighted by atomic mass is 15.2. The van der Waals surface area contributed by atoms with Crippen LogP contribution < -0.4 is 5.32 Å². The lowest BCUT2D eigenvalue weighted by molar-refractivity contribution is 0.160. The fourth-order valence-electron chi connectivity index (χ4n) is 3.19. The van der Waals surface area contributed by atoms with Crippen molar-refractivity contribution in [1.82, 2.24) is 20.2 Å². The number of aromatic nitrogens is 2. The van der Waals surface area contributed by atoms with Gasteiger partial charge in [-0.05, 0) is 31.2 Å². The SMILES string of the molecule is C=C(NC(C)CC(=NC)N1CCC(C)(CC)CC1)c1ccncn1. The Hall–Kier alpha value is -1.91. The zero-order valence-corrected chi connectivity index (χ0v) is 15.5. The average molecular weight is 329 g/mol. The van der Waals surface area contributed by atoms with E-state index in [0.29, 0.717) is 5.41 Å². The van der Waals surface area contributed by atoms with Crippen LogP contribution in [0.4, 0.5) is 0 Å². The maximum atomic E-state index is 4.55. The van der Waals surface area contributed by atoms with Crippen LogP contribution in [0.15, 0.2) is 30.2 Å². The van der Waals surface area contributed by atoms with Crippen LogP contribution in [0.2, 0.25) is 0 Å². The van der Waals surface area contributed by atoms with Gasteiger partial charge in [-0.2, -0.15) is 0 Å². The van der Waals surface area contributed by atoms with Gasteiger partial charge in [-0.3, -0.25) is 4.99 Å². The minimum atomic E-state index is 0.255. The van der Waals surface area contributed by atoms with Crippen molar-refractivity contribution >= 4 is 11.5 Å². The molecule has 2 heterocycles. The van der Waals surface area contributed by atoms with E-state index < -0.39 is 0 Å². The number of likely N-dealkylation sites (tertiary alicyclic amines) is 1. The number of amidine groups is 1. The van der Waals surface area contributed by atoms with Gasteiger partial charge in [0.15, 0.2) is 0 Å². The average Bonchev–Trinajstić information content (AvgIpc) is 2.61. The van der Waals surface area contributed by atoms with Crippen molar-refractivity contribution in [3.05, 3.63) is 30.9 Å². The molecule has 0 amide bonds. The normalized spacial score (nSPS) is 19.0. The molecule has 0 radical (unpaired) electrons. The Labute approximate surface area is 146 Å². The fraction of sp³-hybridized carbons (Fsp3) is 0.632. The van der Waals surface area contributed by atoms with E-state index in [9.17, 15) is 0 Å². The van der Waals surface area contributed by atoms with Gasteiger partial charge in [0.2, 0.25) is 0 Å². The molecule has 5 heteroatoms. The predicted octanol–water partition coefficient (Wildman–Crippen LogP) is 3.36. The van der Waals surface area contributed by atoms with Crippen LogP contribution in [0.5, 0.6) is 0 Å². The lowest BCUT2D eigenvalue weighted by Crippen LogP contribution is -2.44. The summed E-state index contributed by atoms with van der Waals surface area (Å²) in [6.07, 6.45) is 7.93. The lowest BCUT2D eigenvalue weighted by atomic mass is 9.78. The minimum Gasteiger partial charge on any atom is -0.381 e. The first-order valence-corrected chi connectivity index (χ1v) is 8.90. The van der Waals surface area contributed by atoms with Crippen molar-refractivity contribution in [2.24, 2.45) is 10.4 Å². The van der Waals surface area contributed by atoms with Gasteiger partial charge in [0, 0.05) is 38.8 Å². The first-order chi connectivity index (χ1) is 11.5. The third-order valence-electron chi connectivity index (χ3n) is 5.25. The molecular weight excluding hydrogens is 298 g/mol. The number of hydrogen-bond acceptors (Lipinski definition) is 4. The number of nitrogens with zero attached hydrogens (tertiary/aromatic N) is 4. The summed E-state index contributed by atoms with van der Waals surface area (Å²) in [6.45, 7) is 13.2. The number of nitrogens with one attached hydrogen (secondary N) is 1. The van der Waals surface area contributed by atoms with E-state index in [4.69, 9.17) is 0 Å². The summed E-state index contributed by atoms with van der Waals surface area (Å²) in [7, 11) is 1.90. The summed E-state index contributed by atoms with van der Waals surface area (Å²) in [5.41, 5.74) is 2.17. The first kappa shape index (κ1) is 18.4. The molecule has 1 aliphatic rings. The zero-order chi connectivity index (χ0) is 17.6. The van der Waals surface area contributed by atoms with Gasteiger partial charge in [-0.1, -0.05) is 26.8 Å². The Morgan fingerprint density at radius 2 is 2.17 bits per heavy atom. The van der Waals surface area contributed by atoms with Gasteiger partial charge in [-0.25, -0.2) is 9.97 Å². The van der Waals surface area contributed by atoms with Crippen molar-refractivity contribution in [3.63, 3.8) is 0 Å². The summed E-state index contributed by atoms with van der Waals surface area (Å²) < 4.78 is 0. The Bertz CT molecular complexity index is 558. The van der Waals surface area contributed by atoms with Crippen molar-refractivity contribution in [2.45, 2.75) is 52.5 Å². The summed E-state index contributed by atoms with van der Waals surface area (Å²) in [5.74, 6) is 1.18. The molecular formula is C19H31N5. The standard InChI is InChI=1S/C19H31N5/c1-6-19(4)8-11-24(12-9-19)18(20-5)13-15(2)23-16(3)17-7-10-21-14-22-17/h7,10,14-15,23H,3,6,8-9,11-13H2,1-2,4-5H3. The van der Waals surface area contributed by atoms with Crippen LogP contribution in [0.3, 0.4) is 0 Å². The third-order valence-corrected chi connectivity index (χ3v) is 5.25. The molecule has 1 aromatic rings.